The van der Waals surface area contributed by atoms with Crippen molar-refractivity contribution in [2.24, 2.45) is 0 Å². The van der Waals surface area contributed by atoms with Gasteiger partial charge in [-0.05, 0) is 37.3 Å². The lowest BCUT2D eigenvalue weighted by molar-refractivity contribution is -0.123. The molecule has 0 aliphatic carbocycles. The Labute approximate surface area is 187 Å². The van der Waals surface area contributed by atoms with Crippen LogP contribution in [0.3, 0.4) is 0 Å². The Kier molecular flexibility index (Phi) is 8.14. The minimum Gasteiger partial charge on any atom is -0.482 e. The van der Waals surface area contributed by atoms with E-state index in [0.717, 1.165) is 25.2 Å². The van der Waals surface area contributed by atoms with Crippen molar-refractivity contribution in [2.75, 3.05) is 50.7 Å². The minimum atomic E-state index is -3.80. The molecule has 1 amide bonds. The van der Waals surface area contributed by atoms with E-state index in [1.165, 1.54) is 18.2 Å². The smallest absolute Gasteiger partial charge is 0.261 e. The molecule has 0 unspecified atom stereocenters. The molecule has 1 saturated heterocycles. The van der Waals surface area contributed by atoms with Crippen molar-refractivity contribution in [3.63, 3.8) is 0 Å². The lowest BCUT2D eigenvalue weighted by atomic mass is 10.2. The first-order valence-electron chi connectivity index (χ1n) is 9.92. The molecule has 2 N–H and O–H groups in total. The molecule has 3 rings (SSSR count). The van der Waals surface area contributed by atoms with Crippen LogP contribution in [0.1, 0.15) is 5.56 Å². The van der Waals surface area contributed by atoms with Gasteiger partial charge in [-0.15, -0.1) is 0 Å². The SMILES string of the molecule is Cc1ccc(NS(=O)(=O)c2ccc(OCC(=O)NCCN3CCOCC3)c(Cl)c2)cc1. The van der Waals surface area contributed by atoms with E-state index >= 15 is 0 Å². The van der Waals surface area contributed by atoms with Gasteiger partial charge in [0.1, 0.15) is 5.75 Å². The third-order valence-electron chi connectivity index (χ3n) is 4.73. The summed E-state index contributed by atoms with van der Waals surface area (Å²) in [5.74, 6) is -0.0404. The van der Waals surface area contributed by atoms with E-state index in [1.807, 2.05) is 19.1 Å². The number of benzene rings is 2. The monoisotopic (exact) mass is 467 g/mol. The minimum absolute atomic E-state index is 0.000359. The highest BCUT2D eigenvalue weighted by Crippen LogP contribution is 2.28. The van der Waals surface area contributed by atoms with Crippen molar-refractivity contribution >= 4 is 33.2 Å². The summed E-state index contributed by atoms with van der Waals surface area (Å²) in [6, 6.07) is 11.1. The van der Waals surface area contributed by atoms with Crippen molar-refractivity contribution in [2.45, 2.75) is 11.8 Å². The van der Waals surface area contributed by atoms with Gasteiger partial charge in [-0.25, -0.2) is 8.42 Å². The molecule has 168 valence electrons. The molecular weight excluding hydrogens is 442 g/mol. The number of nitrogens with zero attached hydrogens (tertiary/aromatic N) is 1. The summed E-state index contributed by atoms with van der Waals surface area (Å²) >= 11 is 6.18. The van der Waals surface area contributed by atoms with Gasteiger partial charge in [-0.1, -0.05) is 29.3 Å². The van der Waals surface area contributed by atoms with Crippen LogP contribution in [0.2, 0.25) is 5.02 Å². The lowest BCUT2D eigenvalue weighted by Crippen LogP contribution is -2.42. The second-order valence-electron chi connectivity index (χ2n) is 7.16. The van der Waals surface area contributed by atoms with Crippen LogP contribution in [0, 0.1) is 6.92 Å². The summed E-state index contributed by atoms with van der Waals surface area (Å²) in [5, 5.41) is 2.90. The molecule has 2 aromatic carbocycles. The Hall–Kier alpha value is -2.33. The Morgan fingerprint density at radius 3 is 2.55 bits per heavy atom. The van der Waals surface area contributed by atoms with Gasteiger partial charge in [0, 0.05) is 31.9 Å². The number of hydrogen-bond acceptors (Lipinski definition) is 6. The summed E-state index contributed by atoms with van der Waals surface area (Å²) < 4.78 is 38.4. The molecule has 2 aromatic rings. The molecule has 1 aliphatic heterocycles. The molecule has 0 aromatic heterocycles. The number of aryl methyl sites for hydroxylation is 1. The number of hydrogen-bond donors (Lipinski definition) is 2. The Bertz CT molecular complexity index is 993. The number of carbonyl (C=O) groups excluding carboxylic acids is 1. The third-order valence-corrected chi connectivity index (χ3v) is 6.40. The van der Waals surface area contributed by atoms with Gasteiger partial charge in [0.15, 0.2) is 6.61 Å². The van der Waals surface area contributed by atoms with Crippen LogP contribution in [-0.2, 0) is 19.6 Å². The maximum Gasteiger partial charge on any atom is 0.261 e. The number of amides is 1. The van der Waals surface area contributed by atoms with Gasteiger partial charge in [0.2, 0.25) is 0 Å². The molecule has 0 saturated carbocycles. The number of anilines is 1. The fourth-order valence-electron chi connectivity index (χ4n) is 2.97. The van der Waals surface area contributed by atoms with Crippen molar-refractivity contribution in [3.8, 4) is 5.75 Å². The molecule has 0 spiro atoms. The molecule has 1 fully saturated rings. The van der Waals surface area contributed by atoms with Gasteiger partial charge >= 0.3 is 0 Å². The van der Waals surface area contributed by atoms with Crippen LogP contribution in [0.5, 0.6) is 5.75 Å². The number of halogens is 1. The zero-order chi connectivity index (χ0) is 22.3. The van der Waals surface area contributed by atoms with Crippen molar-refractivity contribution in [1.82, 2.24) is 10.2 Å². The van der Waals surface area contributed by atoms with E-state index in [9.17, 15) is 13.2 Å². The van der Waals surface area contributed by atoms with E-state index in [1.54, 1.807) is 12.1 Å². The highest BCUT2D eigenvalue weighted by atomic mass is 35.5. The predicted molar refractivity (Wildman–Crippen MR) is 119 cm³/mol. The van der Waals surface area contributed by atoms with E-state index in [-0.39, 0.29) is 28.2 Å². The molecule has 1 heterocycles. The van der Waals surface area contributed by atoms with Gasteiger partial charge < -0.3 is 14.8 Å². The number of morpholine rings is 1. The molecular formula is C21H26ClN3O5S. The van der Waals surface area contributed by atoms with E-state index < -0.39 is 10.0 Å². The van der Waals surface area contributed by atoms with Crippen LogP contribution in [0.15, 0.2) is 47.4 Å². The molecule has 0 atom stereocenters. The summed E-state index contributed by atoms with van der Waals surface area (Å²) in [7, 11) is -3.80. The highest BCUT2D eigenvalue weighted by molar-refractivity contribution is 7.92. The van der Waals surface area contributed by atoms with Crippen molar-refractivity contribution < 1.29 is 22.7 Å². The van der Waals surface area contributed by atoms with E-state index in [2.05, 4.69) is 14.9 Å². The Morgan fingerprint density at radius 2 is 1.87 bits per heavy atom. The van der Waals surface area contributed by atoms with Gasteiger partial charge in [-0.3, -0.25) is 14.4 Å². The van der Waals surface area contributed by atoms with Crippen LogP contribution in [0.25, 0.3) is 0 Å². The lowest BCUT2D eigenvalue weighted by Gasteiger charge is -2.26. The average molecular weight is 468 g/mol. The van der Waals surface area contributed by atoms with Crippen molar-refractivity contribution in [3.05, 3.63) is 53.1 Å². The number of carbonyl (C=O) groups is 1. The maximum atomic E-state index is 12.6. The van der Waals surface area contributed by atoms with Gasteiger partial charge in [0.25, 0.3) is 15.9 Å². The zero-order valence-corrected chi connectivity index (χ0v) is 18.8. The first kappa shape index (κ1) is 23.3. The van der Waals surface area contributed by atoms with Gasteiger partial charge in [-0.2, -0.15) is 0 Å². The summed E-state index contributed by atoms with van der Waals surface area (Å²) in [6.45, 7) is 6.10. The molecule has 0 radical (unpaired) electrons. The maximum absolute atomic E-state index is 12.6. The normalized spacial score (nSPS) is 14.8. The van der Waals surface area contributed by atoms with E-state index in [0.29, 0.717) is 25.4 Å². The quantitative estimate of drug-likeness (QED) is 0.587. The van der Waals surface area contributed by atoms with Crippen LogP contribution < -0.4 is 14.8 Å². The van der Waals surface area contributed by atoms with Crippen LogP contribution in [0.4, 0.5) is 5.69 Å². The molecule has 1 aliphatic rings. The number of nitrogens with one attached hydrogen (secondary N) is 2. The molecule has 8 nitrogen and oxygen atoms in total. The first-order chi connectivity index (χ1) is 14.8. The second-order valence-corrected chi connectivity index (χ2v) is 9.25. The summed E-state index contributed by atoms with van der Waals surface area (Å²) in [6.07, 6.45) is 0. The zero-order valence-electron chi connectivity index (χ0n) is 17.3. The van der Waals surface area contributed by atoms with Gasteiger partial charge in [0.05, 0.1) is 23.1 Å². The summed E-state index contributed by atoms with van der Waals surface area (Å²) in [5.41, 5.74) is 1.48. The fourth-order valence-corrected chi connectivity index (χ4v) is 4.36. The fraction of sp³-hybridized carbons (Fsp3) is 0.381. The third kappa shape index (κ3) is 7.10. The Balaban J connectivity index is 1.50. The molecule has 10 heteroatoms. The first-order valence-corrected chi connectivity index (χ1v) is 11.8. The molecule has 31 heavy (non-hydrogen) atoms. The number of sulfonamides is 1. The average Bonchev–Trinajstić information content (AvgIpc) is 2.75. The predicted octanol–water partition coefficient (Wildman–Crippen LogP) is 2.28. The Morgan fingerprint density at radius 1 is 1.16 bits per heavy atom. The van der Waals surface area contributed by atoms with E-state index in [4.69, 9.17) is 21.1 Å². The topological polar surface area (TPSA) is 97.0 Å². The number of rotatable bonds is 9. The largest absolute Gasteiger partial charge is 0.482 e. The summed E-state index contributed by atoms with van der Waals surface area (Å²) in [4.78, 5) is 14.2. The van der Waals surface area contributed by atoms with Crippen LogP contribution in [-0.4, -0.2) is 65.2 Å². The second kappa shape index (κ2) is 10.8. The number of ether oxygens (including phenoxy) is 2. The molecule has 0 bridgehead atoms. The standard InChI is InChI=1S/C21H26ClN3O5S/c1-16-2-4-17(5-3-16)24-31(27,28)18-6-7-20(19(22)14-18)30-15-21(26)23-8-9-25-10-12-29-13-11-25/h2-7,14,24H,8-13,15H2,1H3,(H,23,26). The van der Waals surface area contributed by atoms with Crippen molar-refractivity contribution in [1.29, 1.82) is 0 Å². The van der Waals surface area contributed by atoms with Crippen LogP contribution >= 0.6 is 11.6 Å². The highest BCUT2D eigenvalue weighted by Gasteiger charge is 2.17.